The highest BCUT2D eigenvalue weighted by atomic mass is 31.2. The zero-order valence-corrected chi connectivity index (χ0v) is 50.0. The van der Waals surface area contributed by atoms with Crippen molar-refractivity contribution in [3.8, 4) is 0 Å². The molecule has 0 aliphatic rings. The molecular weight excluding hydrogens is 1000 g/mol. The minimum Gasteiger partial charge on any atom is -0.462 e. The largest absolute Gasteiger partial charge is 0.472 e. The first-order valence-corrected chi connectivity index (χ1v) is 31.9. The van der Waals surface area contributed by atoms with E-state index in [-0.39, 0.29) is 25.9 Å². The van der Waals surface area contributed by atoms with E-state index in [0.717, 1.165) is 122 Å². The SMILES string of the molecule is CC/C=C\C/C=C\C/C=C\C/C=C\C/C=C\CCCCCC(=O)OC(COC(=O)CCCCC/C=C\C/C=C\C/C=C\CC)COP(=O)(O)OCC(CO)OC(=O)CCCCCCCCCCC/C=C\C/C=C\CCCCC. The van der Waals surface area contributed by atoms with Crippen LogP contribution in [0.2, 0.25) is 0 Å². The first-order valence-electron chi connectivity index (χ1n) is 30.4. The Morgan fingerprint density at radius 1 is 0.372 bits per heavy atom. The Morgan fingerprint density at radius 2 is 0.667 bits per heavy atom. The van der Waals surface area contributed by atoms with Gasteiger partial charge in [-0.05, 0) is 128 Å². The zero-order chi connectivity index (χ0) is 56.9. The van der Waals surface area contributed by atoms with Crippen LogP contribution in [0.1, 0.15) is 239 Å². The normalized spacial score (nSPS) is 14.2. The first-order chi connectivity index (χ1) is 38.2. The number of carbonyl (C=O) groups is 3. The number of aliphatic hydroxyl groups excluding tert-OH is 1. The summed E-state index contributed by atoms with van der Waals surface area (Å²) >= 11 is 0. The predicted octanol–water partition coefficient (Wildman–Crippen LogP) is 18.4. The predicted molar refractivity (Wildman–Crippen MR) is 325 cm³/mol. The van der Waals surface area contributed by atoms with Crippen LogP contribution in [-0.4, -0.2) is 66.5 Å². The number of hydrogen-bond acceptors (Lipinski definition) is 10. The van der Waals surface area contributed by atoms with Gasteiger partial charge in [0.1, 0.15) is 12.7 Å². The summed E-state index contributed by atoms with van der Waals surface area (Å²) in [6.07, 6.45) is 73.0. The number of ether oxygens (including phenoxy) is 3. The fourth-order valence-electron chi connectivity index (χ4n) is 7.78. The van der Waals surface area contributed by atoms with Gasteiger partial charge in [0.2, 0.25) is 0 Å². The lowest BCUT2D eigenvalue weighted by atomic mass is 10.1. The maximum Gasteiger partial charge on any atom is 0.472 e. The van der Waals surface area contributed by atoms with Crippen molar-refractivity contribution in [3.63, 3.8) is 0 Å². The molecule has 0 saturated carbocycles. The molecule has 2 N–H and O–H groups in total. The van der Waals surface area contributed by atoms with Crippen LogP contribution in [0, 0.1) is 0 Å². The standard InChI is InChI=1S/C66H109O11P/c1-4-7-10-13-16-19-22-25-27-29-31-33-35-38-41-44-47-50-53-56-65(69)76-62(58-67)60-74-78(71,72)75-61-63(59-73-64(68)55-52-49-46-43-40-37-24-21-18-15-12-9-6-3)77-66(70)57-54-51-48-45-42-39-36-34-32-30-28-26-23-20-17-14-11-8-5-2/h8-9,11-12,16-21,25-28,32,34,37,39-40,42,62-63,67H,4-7,10,13-15,22-24,29-31,33,35-36,38,41,43-61H2,1-3H3,(H,71,72)/b11-8-,12-9-,19-16-,20-17-,21-18-,27-25-,28-26-,34-32-,40-37-,42-39-. The molecule has 12 heteroatoms. The van der Waals surface area contributed by atoms with Crippen molar-refractivity contribution < 1.29 is 52.2 Å². The number of allylic oxidation sites excluding steroid dienone is 20. The molecule has 0 aliphatic heterocycles. The molecule has 3 atom stereocenters. The van der Waals surface area contributed by atoms with Gasteiger partial charge in [-0.1, -0.05) is 213 Å². The molecule has 0 aromatic rings. The molecule has 0 fully saturated rings. The number of carbonyl (C=O) groups excluding carboxylic acids is 3. The van der Waals surface area contributed by atoms with Gasteiger partial charge in [-0.25, -0.2) is 4.57 Å². The summed E-state index contributed by atoms with van der Waals surface area (Å²) in [5.74, 6) is -1.55. The molecule has 11 nitrogen and oxygen atoms in total. The number of aliphatic hydroxyl groups is 1. The highest BCUT2D eigenvalue weighted by molar-refractivity contribution is 7.47. The van der Waals surface area contributed by atoms with Crippen LogP contribution in [0.5, 0.6) is 0 Å². The van der Waals surface area contributed by atoms with Crippen molar-refractivity contribution in [1.82, 2.24) is 0 Å². The third-order valence-electron chi connectivity index (χ3n) is 12.3. The quantitative estimate of drug-likeness (QED) is 0.0197. The molecule has 0 aliphatic carbocycles. The summed E-state index contributed by atoms with van der Waals surface area (Å²) in [4.78, 5) is 48.6. The summed E-state index contributed by atoms with van der Waals surface area (Å²) < 4.78 is 39.5. The van der Waals surface area contributed by atoms with Crippen LogP contribution in [-0.2, 0) is 42.2 Å². The second kappa shape index (κ2) is 59.0. The maximum absolute atomic E-state index is 12.9. The van der Waals surface area contributed by atoms with Crippen molar-refractivity contribution >= 4 is 25.7 Å². The van der Waals surface area contributed by atoms with Crippen molar-refractivity contribution in [1.29, 1.82) is 0 Å². The number of rotatable bonds is 55. The monoisotopic (exact) mass is 1110 g/mol. The number of esters is 3. The van der Waals surface area contributed by atoms with Gasteiger partial charge in [-0.15, -0.1) is 0 Å². The van der Waals surface area contributed by atoms with E-state index >= 15 is 0 Å². The summed E-state index contributed by atoms with van der Waals surface area (Å²) in [5, 5.41) is 9.84. The molecule has 0 heterocycles. The van der Waals surface area contributed by atoms with Crippen LogP contribution < -0.4 is 0 Å². The van der Waals surface area contributed by atoms with Crippen LogP contribution >= 0.6 is 7.82 Å². The highest BCUT2D eigenvalue weighted by Gasteiger charge is 2.28. The van der Waals surface area contributed by atoms with Crippen molar-refractivity contribution in [2.45, 2.75) is 251 Å². The van der Waals surface area contributed by atoms with Gasteiger partial charge in [0.25, 0.3) is 0 Å². The molecule has 0 amide bonds. The Balaban J connectivity index is 4.76. The minimum absolute atomic E-state index is 0.116. The third-order valence-corrected chi connectivity index (χ3v) is 13.3. The second-order valence-electron chi connectivity index (χ2n) is 19.7. The fraction of sp³-hybridized carbons (Fsp3) is 0.652. The number of hydrogen-bond donors (Lipinski definition) is 2. The van der Waals surface area contributed by atoms with Crippen LogP contribution in [0.15, 0.2) is 122 Å². The van der Waals surface area contributed by atoms with Gasteiger partial charge in [-0.3, -0.25) is 23.4 Å². The summed E-state index contributed by atoms with van der Waals surface area (Å²) in [6.45, 7) is 4.31. The molecule has 0 rings (SSSR count). The van der Waals surface area contributed by atoms with Gasteiger partial charge in [0, 0.05) is 19.3 Å². The van der Waals surface area contributed by atoms with Gasteiger partial charge in [0.05, 0.1) is 19.8 Å². The molecule has 0 radical (unpaired) electrons. The van der Waals surface area contributed by atoms with Gasteiger partial charge >= 0.3 is 25.7 Å². The molecule has 0 aromatic carbocycles. The molecule has 444 valence electrons. The van der Waals surface area contributed by atoms with Crippen molar-refractivity contribution in [2.24, 2.45) is 0 Å². The summed E-state index contributed by atoms with van der Waals surface area (Å²) in [5.41, 5.74) is 0. The summed E-state index contributed by atoms with van der Waals surface area (Å²) in [6, 6.07) is 0. The van der Waals surface area contributed by atoms with Gasteiger partial charge in [0.15, 0.2) is 6.10 Å². The molecule has 0 saturated heterocycles. The summed E-state index contributed by atoms with van der Waals surface area (Å²) in [7, 11) is -4.78. The fourth-order valence-corrected chi connectivity index (χ4v) is 8.56. The molecular formula is C66H109O11P. The zero-order valence-electron chi connectivity index (χ0n) is 49.1. The molecule has 3 unspecified atom stereocenters. The maximum atomic E-state index is 12.9. The van der Waals surface area contributed by atoms with Crippen LogP contribution in [0.25, 0.3) is 0 Å². The Bertz CT molecular complexity index is 1770. The first kappa shape index (κ1) is 73.9. The van der Waals surface area contributed by atoms with E-state index in [1.807, 2.05) is 0 Å². The molecule has 0 bridgehead atoms. The topological polar surface area (TPSA) is 155 Å². The molecule has 0 spiro atoms. The van der Waals surface area contributed by atoms with Crippen molar-refractivity contribution in [3.05, 3.63) is 122 Å². The van der Waals surface area contributed by atoms with E-state index in [0.29, 0.717) is 19.3 Å². The lowest BCUT2D eigenvalue weighted by Gasteiger charge is -2.21. The average Bonchev–Trinajstić information content (AvgIpc) is 3.43. The smallest absolute Gasteiger partial charge is 0.462 e. The van der Waals surface area contributed by atoms with Crippen molar-refractivity contribution in [2.75, 3.05) is 26.4 Å². The van der Waals surface area contributed by atoms with E-state index in [9.17, 15) is 28.9 Å². The molecule has 0 aromatic heterocycles. The van der Waals surface area contributed by atoms with E-state index in [1.165, 1.54) is 57.8 Å². The van der Waals surface area contributed by atoms with Crippen LogP contribution in [0.3, 0.4) is 0 Å². The number of phosphoric acid groups is 1. The third kappa shape index (κ3) is 56.6. The average molecular weight is 1110 g/mol. The number of phosphoric ester groups is 1. The lowest BCUT2D eigenvalue weighted by molar-refractivity contribution is -0.161. The van der Waals surface area contributed by atoms with E-state index in [2.05, 4.69) is 142 Å². The minimum atomic E-state index is -4.78. The van der Waals surface area contributed by atoms with Gasteiger partial charge < -0.3 is 24.2 Å². The van der Waals surface area contributed by atoms with E-state index < -0.39 is 57.8 Å². The highest BCUT2D eigenvalue weighted by Crippen LogP contribution is 2.43. The Kier molecular flexibility index (Phi) is 55.9. The van der Waals surface area contributed by atoms with Crippen LogP contribution in [0.4, 0.5) is 0 Å². The lowest BCUT2D eigenvalue weighted by Crippen LogP contribution is -2.30. The van der Waals surface area contributed by atoms with Gasteiger partial charge in [-0.2, -0.15) is 0 Å². The van der Waals surface area contributed by atoms with E-state index in [4.69, 9.17) is 23.3 Å². The van der Waals surface area contributed by atoms with E-state index in [1.54, 1.807) is 0 Å². The Labute approximate surface area is 475 Å². The Morgan fingerprint density at radius 3 is 1.04 bits per heavy atom. The Hall–Kier alpha value is -4.12. The number of unbranched alkanes of at least 4 members (excludes halogenated alkanes) is 18. The molecule has 78 heavy (non-hydrogen) atoms. The second-order valence-corrected chi connectivity index (χ2v) is 21.2.